The predicted molar refractivity (Wildman–Crippen MR) is 110 cm³/mol. The number of amides is 1. The first-order valence-electron chi connectivity index (χ1n) is 9.04. The summed E-state index contributed by atoms with van der Waals surface area (Å²) in [6, 6.07) is 11.7. The Kier molecular flexibility index (Phi) is 5.37. The Hall–Kier alpha value is -4.18. The van der Waals surface area contributed by atoms with Crippen LogP contribution in [0.4, 0.5) is 20.4 Å². The SMILES string of the molecule is CN(N)C(=O)c1cc(Oc2ccc3nc(Nc4ccc(F)c(F)c4)ncc3c2)ccn1. The van der Waals surface area contributed by atoms with E-state index in [1.54, 1.807) is 30.5 Å². The van der Waals surface area contributed by atoms with E-state index >= 15 is 0 Å². The molecule has 0 atom stereocenters. The van der Waals surface area contributed by atoms with E-state index in [-0.39, 0.29) is 11.6 Å². The minimum atomic E-state index is -0.966. The molecule has 1 amide bonds. The second-order valence-corrected chi connectivity index (χ2v) is 6.56. The third kappa shape index (κ3) is 4.54. The molecule has 0 aliphatic heterocycles. The maximum atomic E-state index is 13.4. The van der Waals surface area contributed by atoms with Gasteiger partial charge in [-0.05, 0) is 36.4 Å². The zero-order valence-corrected chi connectivity index (χ0v) is 16.2. The number of pyridine rings is 1. The number of aromatic nitrogens is 3. The highest BCUT2D eigenvalue weighted by atomic mass is 19.2. The first-order valence-corrected chi connectivity index (χ1v) is 9.04. The lowest BCUT2D eigenvalue weighted by atomic mass is 10.2. The Balaban J connectivity index is 1.54. The van der Waals surface area contributed by atoms with Gasteiger partial charge in [-0.25, -0.2) is 24.6 Å². The van der Waals surface area contributed by atoms with Gasteiger partial charge >= 0.3 is 0 Å². The van der Waals surface area contributed by atoms with Gasteiger partial charge in [0.1, 0.15) is 17.2 Å². The Morgan fingerprint density at radius 2 is 1.84 bits per heavy atom. The maximum absolute atomic E-state index is 13.4. The van der Waals surface area contributed by atoms with Crippen molar-refractivity contribution in [3.63, 3.8) is 0 Å². The van der Waals surface area contributed by atoms with Crippen LogP contribution in [0.1, 0.15) is 10.5 Å². The fraction of sp³-hybridized carbons (Fsp3) is 0.0476. The van der Waals surface area contributed by atoms with Crippen LogP contribution in [0.15, 0.2) is 60.9 Å². The molecule has 4 aromatic rings. The van der Waals surface area contributed by atoms with Crippen molar-refractivity contribution in [2.75, 3.05) is 12.4 Å². The van der Waals surface area contributed by atoms with Gasteiger partial charge in [0.05, 0.1) is 5.52 Å². The van der Waals surface area contributed by atoms with Gasteiger partial charge in [-0.3, -0.25) is 14.8 Å². The molecule has 4 rings (SSSR count). The summed E-state index contributed by atoms with van der Waals surface area (Å²) in [5.74, 6) is 4.26. The summed E-state index contributed by atoms with van der Waals surface area (Å²) in [4.78, 5) is 24.5. The van der Waals surface area contributed by atoms with Crippen molar-refractivity contribution < 1.29 is 18.3 Å². The summed E-state index contributed by atoms with van der Waals surface area (Å²) in [6.07, 6.45) is 3.02. The quantitative estimate of drug-likeness (QED) is 0.286. The second kappa shape index (κ2) is 8.28. The summed E-state index contributed by atoms with van der Waals surface area (Å²) >= 11 is 0. The van der Waals surface area contributed by atoms with Crippen molar-refractivity contribution >= 4 is 28.4 Å². The molecular weight excluding hydrogens is 406 g/mol. The molecule has 0 unspecified atom stereocenters. The van der Waals surface area contributed by atoms with E-state index in [1.165, 1.54) is 25.4 Å². The summed E-state index contributed by atoms with van der Waals surface area (Å²) in [5, 5.41) is 4.46. The molecule has 2 heterocycles. The fourth-order valence-corrected chi connectivity index (χ4v) is 2.75. The van der Waals surface area contributed by atoms with Crippen molar-refractivity contribution in [3.8, 4) is 11.5 Å². The van der Waals surface area contributed by atoms with Crippen molar-refractivity contribution in [3.05, 3.63) is 78.3 Å². The molecule has 2 aromatic carbocycles. The lowest BCUT2D eigenvalue weighted by Gasteiger charge is -2.11. The van der Waals surface area contributed by atoms with Gasteiger partial charge in [0.25, 0.3) is 5.91 Å². The molecule has 8 nitrogen and oxygen atoms in total. The van der Waals surface area contributed by atoms with Gasteiger partial charge in [0.2, 0.25) is 5.95 Å². The van der Waals surface area contributed by atoms with E-state index in [1.807, 2.05) is 0 Å². The molecule has 156 valence electrons. The number of fused-ring (bicyclic) bond motifs is 1. The number of hydrazine groups is 1. The monoisotopic (exact) mass is 422 g/mol. The van der Waals surface area contributed by atoms with Crippen molar-refractivity contribution in [1.29, 1.82) is 0 Å². The Morgan fingerprint density at radius 1 is 1.03 bits per heavy atom. The first kappa shape index (κ1) is 20.1. The molecule has 2 aromatic heterocycles. The van der Waals surface area contributed by atoms with Crippen LogP contribution in [0.3, 0.4) is 0 Å². The summed E-state index contributed by atoms with van der Waals surface area (Å²) in [7, 11) is 1.43. The Morgan fingerprint density at radius 3 is 2.61 bits per heavy atom. The summed E-state index contributed by atoms with van der Waals surface area (Å²) < 4.78 is 32.2. The average Bonchev–Trinajstić information content (AvgIpc) is 2.76. The van der Waals surface area contributed by atoms with Crippen LogP contribution in [0.25, 0.3) is 10.9 Å². The number of nitrogens with zero attached hydrogens (tertiary/aromatic N) is 4. The number of rotatable bonds is 5. The van der Waals surface area contributed by atoms with Crippen molar-refractivity contribution in [2.24, 2.45) is 5.84 Å². The van der Waals surface area contributed by atoms with E-state index in [2.05, 4.69) is 20.3 Å². The molecule has 10 heteroatoms. The average molecular weight is 422 g/mol. The van der Waals surface area contributed by atoms with Gasteiger partial charge in [0, 0.05) is 42.6 Å². The minimum Gasteiger partial charge on any atom is -0.457 e. The Bertz CT molecular complexity index is 1280. The van der Waals surface area contributed by atoms with Gasteiger partial charge in [-0.1, -0.05) is 0 Å². The van der Waals surface area contributed by atoms with Gasteiger partial charge in [0.15, 0.2) is 11.6 Å². The van der Waals surface area contributed by atoms with E-state index in [0.717, 1.165) is 17.1 Å². The lowest BCUT2D eigenvalue weighted by molar-refractivity contribution is 0.0789. The number of benzene rings is 2. The van der Waals surface area contributed by atoms with Crippen LogP contribution >= 0.6 is 0 Å². The van der Waals surface area contributed by atoms with Crippen LogP contribution in [0.5, 0.6) is 11.5 Å². The number of nitrogens with two attached hydrogens (primary N) is 1. The number of hydrogen-bond donors (Lipinski definition) is 2. The van der Waals surface area contributed by atoms with Crippen LogP contribution < -0.4 is 15.9 Å². The zero-order chi connectivity index (χ0) is 22.0. The third-order valence-corrected chi connectivity index (χ3v) is 4.23. The molecule has 0 aliphatic rings. The summed E-state index contributed by atoms with van der Waals surface area (Å²) in [5.41, 5.74) is 1.09. The zero-order valence-electron chi connectivity index (χ0n) is 16.2. The summed E-state index contributed by atoms with van der Waals surface area (Å²) in [6.45, 7) is 0. The predicted octanol–water partition coefficient (Wildman–Crippen LogP) is 3.78. The standard InChI is InChI=1S/C21H16F2N6O2/c1-29(24)20(30)19-10-15(6-7-25-19)31-14-3-5-18-12(8-14)11-26-21(28-18)27-13-2-4-16(22)17(23)9-13/h2-11H,24H2,1H3,(H,26,27,28). The Labute approximate surface area is 175 Å². The van der Waals surface area contributed by atoms with E-state index in [9.17, 15) is 13.6 Å². The molecule has 0 fully saturated rings. The number of halogens is 2. The lowest BCUT2D eigenvalue weighted by Crippen LogP contribution is -2.33. The van der Waals surface area contributed by atoms with E-state index < -0.39 is 17.5 Å². The molecule has 0 saturated carbocycles. The maximum Gasteiger partial charge on any atom is 0.286 e. The number of hydrogen-bond acceptors (Lipinski definition) is 7. The fourth-order valence-electron chi connectivity index (χ4n) is 2.75. The van der Waals surface area contributed by atoms with Crippen LogP contribution in [0, 0.1) is 11.6 Å². The van der Waals surface area contributed by atoms with Gasteiger partial charge in [-0.2, -0.15) is 0 Å². The molecule has 0 radical (unpaired) electrons. The highest BCUT2D eigenvalue weighted by molar-refractivity contribution is 5.92. The molecule has 31 heavy (non-hydrogen) atoms. The molecule has 0 spiro atoms. The van der Waals surface area contributed by atoms with Gasteiger partial charge < -0.3 is 10.1 Å². The topological polar surface area (TPSA) is 106 Å². The van der Waals surface area contributed by atoms with Gasteiger partial charge in [-0.15, -0.1) is 0 Å². The number of nitrogens with one attached hydrogen (secondary N) is 1. The molecule has 3 N–H and O–H groups in total. The highest BCUT2D eigenvalue weighted by Gasteiger charge is 2.12. The van der Waals surface area contributed by atoms with Crippen LogP contribution in [0.2, 0.25) is 0 Å². The van der Waals surface area contributed by atoms with Crippen molar-refractivity contribution in [1.82, 2.24) is 20.0 Å². The molecule has 0 saturated heterocycles. The number of carbonyl (C=O) groups excluding carboxylic acids is 1. The second-order valence-electron chi connectivity index (χ2n) is 6.56. The third-order valence-electron chi connectivity index (χ3n) is 4.23. The van der Waals surface area contributed by atoms with Crippen LogP contribution in [-0.2, 0) is 0 Å². The molecule has 0 aliphatic carbocycles. The highest BCUT2D eigenvalue weighted by Crippen LogP contribution is 2.26. The number of ether oxygens (including phenoxy) is 1. The largest absolute Gasteiger partial charge is 0.457 e. The van der Waals surface area contributed by atoms with E-state index in [4.69, 9.17) is 10.6 Å². The minimum absolute atomic E-state index is 0.152. The molecule has 0 bridgehead atoms. The number of carbonyl (C=O) groups is 1. The van der Waals surface area contributed by atoms with Crippen molar-refractivity contribution in [2.45, 2.75) is 0 Å². The van der Waals surface area contributed by atoms with E-state index in [0.29, 0.717) is 28.1 Å². The normalized spacial score (nSPS) is 10.7. The number of anilines is 2. The molecular formula is C21H16F2N6O2. The van der Waals surface area contributed by atoms with Crippen LogP contribution in [-0.4, -0.2) is 32.9 Å². The first-order chi connectivity index (χ1) is 14.9. The smallest absolute Gasteiger partial charge is 0.286 e.